The van der Waals surface area contributed by atoms with Gasteiger partial charge >= 0.3 is 0 Å². The van der Waals surface area contributed by atoms with Crippen molar-refractivity contribution in [2.75, 3.05) is 5.33 Å². The number of carbonyl (C=O) groups excluding carboxylic acids is 1. The molecule has 0 unspecified atom stereocenters. The summed E-state index contributed by atoms with van der Waals surface area (Å²) in [6.07, 6.45) is 2.47. The van der Waals surface area contributed by atoms with Crippen LogP contribution in [0.1, 0.15) is 16.1 Å². The molecule has 0 aromatic carbocycles. The van der Waals surface area contributed by atoms with Crippen LogP contribution < -0.4 is 0 Å². The average molecular weight is 212 g/mol. The minimum absolute atomic E-state index is 0.559. The van der Waals surface area contributed by atoms with Gasteiger partial charge in [-0.25, -0.2) is 0 Å². The van der Waals surface area contributed by atoms with E-state index in [1.807, 2.05) is 0 Å². The van der Waals surface area contributed by atoms with Gasteiger partial charge in [-0.2, -0.15) is 0 Å². The Hall–Kier alpha value is -1.01. The SMILES string of the molecule is O=Cc1cc(C#CCBr)c[nH]1. The third kappa shape index (κ3) is 2.24. The lowest BCUT2D eigenvalue weighted by Gasteiger charge is -1.73. The number of halogens is 1. The van der Waals surface area contributed by atoms with Crippen molar-refractivity contribution in [3.8, 4) is 11.8 Å². The zero-order chi connectivity index (χ0) is 8.10. The van der Waals surface area contributed by atoms with Gasteiger partial charge in [-0.3, -0.25) is 4.79 Å². The number of carbonyl (C=O) groups is 1. The molecule has 0 fully saturated rings. The summed E-state index contributed by atoms with van der Waals surface area (Å²) < 4.78 is 0. The number of H-pyrrole nitrogens is 1. The molecule has 1 N–H and O–H groups in total. The van der Waals surface area contributed by atoms with Crippen LogP contribution in [0.3, 0.4) is 0 Å². The molecular formula is C8H6BrNO. The van der Waals surface area contributed by atoms with Crippen molar-refractivity contribution in [1.29, 1.82) is 0 Å². The van der Waals surface area contributed by atoms with Gasteiger partial charge in [-0.15, -0.1) is 0 Å². The van der Waals surface area contributed by atoms with Gasteiger partial charge in [0.05, 0.1) is 11.0 Å². The van der Waals surface area contributed by atoms with E-state index in [0.717, 1.165) is 11.8 Å². The topological polar surface area (TPSA) is 32.9 Å². The highest BCUT2D eigenvalue weighted by molar-refractivity contribution is 9.09. The fourth-order valence-electron chi connectivity index (χ4n) is 0.688. The van der Waals surface area contributed by atoms with Gasteiger partial charge in [-0.1, -0.05) is 27.8 Å². The van der Waals surface area contributed by atoms with Gasteiger partial charge in [0.2, 0.25) is 0 Å². The van der Waals surface area contributed by atoms with E-state index in [9.17, 15) is 4.79 Å². The lowest BCUT2D eigenvalue weighted by atomic mass is 10.3. The summed E-state index contributed by atoms with van der Waals surface area (Å²) in [6, 6.07) is 1.71. The van der Waals surface area contributed by atoms with Gasteiger partial charge < -0.3 is 4.98 Å². The molecule has 1 rings (SSSR count). The van der Waals surface area contributed by atoms with Crippen molar-refractivity contribution in [3.05, 3.63) is 23.5 Å². The summed E-state index contributed by atoms with van der Waals surface area (Å²) in [7, 11) is 0. The molecule has 1 heterocycles. The van der Waals surface area contributed by atoms with Crippen molar-refractivity contribution in [2.45, 2.75) is 0 Å². The van der Waals surface area contributed by atoms with Gasteiger partial charge in [0.25, 0.3) is 0 Å². The van der Waals surface area contributed by atoms with Crippen LogP contribution in [0.25, 0.3) is 0 Å². The zero-order valence-corrected chi connectivity index (χ0v) is 7.31. The van der Waals surface area contributed by atoms with Crippen molar-refractivity contribution in [2.24, 2.45) is 0 Å². The molecule has 56 valence electrons. The molecule has 0 spiro atoms. The highest BCUT2D eigenvalue weighted by Gasteiger charge is 1.91. The first kappa shape index (κ1) is 8.09. The Labute approximate surface area is 73.1 Å². The van der Waals surface area contributed by atoms with E-state index in [0.29, 0.717) is 11.0 Å². The van der Waals surface area contributed by atoms with Crippen LogP contribution in [0.15, 0.2) is 12.3 Å². The minimum Gasteiger partial charge on any atom is -0.358 e. The Bertz CT molecular complexity index is 305. The molecule has 0 radical (unpaired) electrons. The van der Waals surface area contributed by atoms with Gasteiger partial charge in [0.1, 0.15) is 0 Å². The second-order valence-corrected chi connectivity index (χ2v) is 2.46. The quantitative estimate of drug-likeness (QED) is 0.427. The molecule has 11 heavy (non-hydrogen) atoms. The molecule has 3 heteroatoms. The van der Waals surface area contributed by atoms with Crippen LogP contribution in [0.5, 0.6) is 0 Å². The van der Waals surface area contributed by atoms with Crippen LogP contribution in [0.4, 0.5) is 0 Å². The first-order chi connectivity index (χ1) is 5.36. The fraction of sp³-hybridized carbons (Fsp3) is 0.125. The second kappa shape index (κ2) is 3.99. The predicted molar refractivity (Wildman–Crippen MR) is 46.9 cm³/mol. The fourth-order valence-corrected chi connectivity index (χ4v) is 0.828. The first-order valence-electron chi connectivity index (χ1n) is 3.05. The van der Waals surface area contributed by atoms with E-state index in [1.165, 1.54) is 0 Å². The summed E-state index contributed by atoms with van der Waals surface area (Å²) in [5.41, 5.74) is 1.40. The summed E-state index contributed by atoms with van der Waals surface area (Å²) in [4.78, 5) is 13.0. The first-order valence-corrected chi connectivity index (χ1v) is 4.17. The van der Waals surface area contributed by atoms with E-state index < -0.39 is 0 Å². The molecule has 1 aromatic heterocycles. The third-order valence-corrected chi connectivity index (χ3v) is 1.41. The average Bonchev–Trinajstić information content (AvgIpc) is 2.48. The lowest BCUT2D eigenvalue weighted by molar-refractivity contribution is 0.111. The van der Waals surface area contributed by atoms with Crippen LogP contribution in [0.2, 0.25) is 0 Å². The van der Waals surface area contributed by atoms with E-state index in [2.05, 4.69) is 32.8 Å². The molecule has 0 saturated carbocycles. The number of nitrogens with one attached hydrogen (secondary N) is 1. The Kier molecular flexibility index (Phi) is 2.94. The minimum atomic E-state index is 0.559. The molecule has 0 saturated heterocycles. The number of hydrogen-bond acceptors (Lipinski definition) is 1. The predicted octanol–water partition coefficient (Wildman–Crippen LogP) is 1.57. The standard InChI is InChI=1S/C8H6BrNO/c9-3-1-2-7-4-8(6-11)10-5-7/h4-6,10H,3H2. The second-order valence-electron chi connectivity index (χ2n) is 1.90. The van der Waals surface area contributed by atoms with Crippen LogP contribution in [-0.4, -0.2) is 16.6 Å². The summed E-state index contributed by atoms with van der Waals surface area (Å²) in [5.74, 6) is 5.69. The van der Waals surface area contributed by atoms with E-state index in [-0.39, 0.29) is 0 Å². The number of aromatic nitrogens is 1. The third-order valence-electron chi connectivity index (χ3n) is 1.13. The lowest BCUT2D eigenvalue weighted by Crippen LogP contribution is -1.72. The molecule has 2 nitrogen and oxygen atoms in total. The van der Waals surface area contributed by atoms with E-state index in [4.69, 9.17) is 0 Å². The van der Waals surface area contributed by atoms with Crippen molar-refractivity contribution >= 4 is 22.2 Å². The van der Waals surface area contributed by atoms with Crippen LogP contribution in [-0.2, 0) is 0 Å². The molecule has 0 atom stereocenters. The van der Waals surface area contributed by atoms with E-state index >= 15 is 0 Å². The van der Waals surface area contributed by atoms with Crippen molar-refractivity contribution < 1.29 is 4.79 Å². The smallest absolute Gasteiger partial charge is 0.166 e. The Morgan fingerprint density at radius 2 is 2.55 bits per heavy atom. The largest absolute Gasteiger partial charge is 0.358 e. The normalized spacial score (nSPS) is 8.45. The number of aldehydes is 1. The van der Waals surface area contributed by atoms with Crippen LogP contribution >= 0.6 is 15.9 Å². The molecule has 0 aliphatic rings. The maximum atomic E-state index is 10.2. The molecule has 0 bridgehead atoms. The summed E-state index contributed by atoms with van der Waals surface area (Å²) in [6.45, 7) is 0. The number of rotatable bonds is 1. The molecule has 0 amide bonds. The molecule has 1 aromatic rings. The summed E-state index contributed by atoms with van der Waals surface area (Å²) in [5, 5.41) is 0.647. The Balaban J connectivity index is 2.80. The van der Waals surface area contributed by atoms with Crippen LogP contribution in [0, 0.1) is 11.8 Å². The Morgan fingerprint density at radius 1 is 1.73 bits per heavy atom. The van der Waals surface area contributed by atoms with Crippen molar-refractivity contribution in [3.63, 3.8) is 0 Å². The molecule has 0 aliphatic carbocycles. The van der Waals surface area contributed by atoms with Gasteiger partial charge in [0, 0.05) is 11.8 Å². The number of aromatic amines is 1. The monoisotopic (exact) mass is 211 g/mol. The van der Waals surface area contributed by atoms with Gasteiger partial charge in [-0.05, 0) is 6.07 Å². The number of alkyl halides is 1. The molecule has 0 aliphatic heterocycles. The Morgan fingerprint density at radius 3 is 3.09 bits per heavy atom. The van der Waals surface area contributed by atoms with E-state index in [1.54, 1.807) is 12.3 Å². The zero-order valence-electron chi connectivity index (χ0n) is 5.73. The maximum absolute atomic E-state index is 10.2. The number of hydrogen-bond donors (Lipinski definition) is 1. The van der Waals surface area contributed by atoms with Gasteiger partial charge in [0.15, 0.2) is 6.29 Å². The highest BCUT2D eigenvalue weighted by atomic mass is 79.9. The van der Waals surface area contributed by atoms with Crippen molar-refractivity contribution in [1.82, 2.24) is 4.98 Å². The highest BCUT2D eigenvalue weighted by Crippen LogP contribution is 1.98. The maximum Gasteiger partial charge on any atom is 0.166 e. The summed E-state index contributed by atoms with van der Waals surface area (Å²) >= 11 is 3.18. The molecular weight excluding hydrogens is 206 g/mol.